The molecule has 2 aliphatic rings. The number of hydrogen-bond donors (Lipinski definition) is 1. The Kier molecular flexibility index (Phi) is 10.7. The topological polar surface area (TPSA) is 77.6 Å². The van der Waals surface area contributed by atoms with Crippen molar-refractivity contribution in [3.8, 4) is 0 Å². The number of benzene rings is 3. The highest BCUT2D eigenvalue weighted by Crippen LogP contribution is 2.32. The average molecular weight is 596 g/mol. The fourth-order valence-electron chi connectivity index (χ4n) is 5.29. The number of rotatable bonds is 5. The van der Waals surface area contributed by atoms with E-state index in [-0.39, 0.29) is 25.4 Å². The highest BCUT2D eigenvalue weighted by atomic mass is 16.6. The summed E-state index contributed by atoms with van der Waals surface area (Å²) in [6, 6.07) is 25.7. The molecular formula is C35H41N5O4. The number of ether oxygens (including phenoxy) is 2. The van der Waals surface area contributed by atoms with Crippen LogP contribution in [0.2, 0.25) is 0 Å². The zero-order valence-corrected chi connectivity index (χ0v) is 25.4. The molecule has 3 aromatic carbocycles. The fraction of sp³-hybridized carbons (Fsp3) is 0.314. The van der Waals surface area contributed by atoms with Crippen molar-refractivity contribution in [1.82, 2.24) is 20.1 Å². The molecule has 0 unspecified atom stereocenters. The first kappa shape index (κ1) is 30.8. The van der Waals surface area contributed by atoms with Gasteiger partial charge in [0.2, 0.25) is 0 Å². The smallest absolute Gasteiger partial charge is 0.410 e. The standard InChI is InChI=1S/C35H41N5O4/c1-28-13-16-33-32(25-28)15-14-29(2)40(33)39-23-21-37(34(41)43-26-30-9-5-3-6-10-30)19-17-36-18-20-38(22-24-39)35(42)44-27-31-11-7-4-8-12-31/h3-16,25,36H,2,17-24,26-27H2,1H3. The second kappa shape index (κ2) is 15.2. The lowest BCUT2D eigenvalue weighted by molar-refractivity contribution is 0.0819. The van der Waals surface area contributed by atoms with Gasteiger partial charge in [0.05, 0.1) is 11.4 Å². The van der Waals surface area contributed by atoms with E-state index in [0.717, 1.165) is 28.1 Å². The van der Waals surface area contributed by atoms with Gasteiger partial charge in [-0.2, -0.15) is 0 Å². The molecule has 0 spiro atoms. The molecule has 44 heavy (non-hydrogen) atoms. The Morgan fingerprint density at radius 2 is 1.27 bits per heavy atom. The number of aryl methyl sites for hydroxylation is 1. The monoisotopic (exact) mass is 595 g/mol. The van der Waals surface area contributed by atoms with Crippen molar-refractivity contribution < 1.29 is 19.1 Å². The molecule has 0 aromatic heterocycles. The number of anilines is 1. The Hall–Kier alpha value is -4.60. The number of allylic oxidation sites excluding steroid dienone is 1. The summed E-state index contributed by atoms with van der Waals surface area (Å²) in [5.41, 5.74) is 5.96. The number of carbonyl (C=O) groups excluding carboxylic acids is 2. The Balaban J connectivity index is 1.33. The van der Waals surface area contributed by atoms with E-state index < -0.39 is 0 Å². The lowest BCUT2D eigenvalue weighted by Gasteiger charge is -2.41. The van der Waals surface area contributed by atoms with E-state index in [1.54, 1.807) is 9.80 Å². The normalized spacial score (nSPS) is 16.5. The van der Waals surface area contributed by atoms with E-state index in [4.69, 9.17) is 9.47 Å². The van der Waals surface area contributed by atoms with Crippen molar-refractivity contribution in [2.24, 2.45) is 0 Å². The maximum atomic E-state index is 13.2. The maximum absolute atomic E-state index is 13.2. The van der Waals surface area contributed by atoms with Crippen molar-refractivity contribution in [3.05, 3.63) is 119 Å². The van der Waals surface area contributed by atoms with Gasteiger partial charge in [-0.15, -0.1) is 0 Å². The highest BCUT2D eigenvalue weighted by Gasteiger charge is 2.27. The van der Waals surface area contributed by atoms with Crippen LogP contribution < -0.4 is 10.3 Å². The van der Waals surface area contributed by atoms with Crippen molar-refractivity contribution in [1.29, 1.82) is 0 Å². The molecule has 9 nitrogen and oxygen atoms in total. The average Bonchev–Trinajstić information content (AvgIpc) is 3.04. The first-order chi connectivity index (χ1) is 21.5. The number of carbonyl (C=O) groups is 2. The molecule has 0 atom stereocenters. The minimum Gasteiger partial charge on any atom is -0.445 e. The summed E-state index contributed by atoms with van der Waals surface area (Å²) in [6.07, 6.45) is 3.36. The Labute approximate surface area is 259 Å². The van der Waals surface area contributed by atoms with Gasteiger partial charge >= 0.3 is 12.2 Å². The van der Waals surface area contributed by atoms with E-state index in [2.05, 4.69) is 53.1 Å². The number of hydrogen-bond acceptors (Lipinski definition) is 7. The minimum atomic E-state index is -0.354. The third-order valence-electron chi connectivity index (χ3n) is 7.72. The van der Waals surface area contributed by atoms with Gasteiger partial charge in [0, 0.05) is 52.4 Å². The third-order valence-corrected chi connectivity index (χ3v) is 7.72. The molecule has 3 aromatic rings. The molecule has 2 heterocycles. The van der Waals surface area contributed by atoms with Crippen molar-refractivity contribution in [2.45, 2.75) is 20.1 Å². The molecular weight excluding hydrogens is 554 g/mol. The van der Waals surface area contributed by atoms with Crippen LogP contribution in [0.5, 0.6) is 0 Å². The quantitative estimate of drug-likeness (QED) is 0.421. The highest BCUT2D eigenvalue weighted by molar-refractivity contribution is 5.76. The maximum Gasteiger partial charge on any atom is 0.410 e. The fourth-order valence-corrected chi connectivity index (χ4v) is 5.29. The summed E-state index contributed by atoms with van der Waals surface area (Å²) < 4.78 is 11.4. The number of nitrogens with zero attached hydrogens (tertiary/aromatic N) is 4. The Morgan fingerprint density at radius 3 is 1.82 bits per heavy atom. The van der Waals surface area contributed by atoms with Gasteiger partial charge in [0.1, 0.15) is 13.2 Å². The van der Waals surface area contributed by atoms with Crippen LogP contribution in [-0.2, 0) is 22.7 Å². The van der Waals surface area contributed by atoms with Crippen LogP contribution in [0.3, 0.4) is 0 Å². The molecule has 0 saturated carbocycles. The van der Waals surface area contributed by atoms with Crippen molar-refractivity contribution in [3.63, 3.8) is 0 Å². The first-order valence-electron chi connectivity index (χ1n) is 15.1. The summed E-state index contributed by atoms with van der Waals surface area (Å²) in [5.74, 6) is 0. The van der Waals surface area contributed by atoms with Gasteiger partial charge in [-0.1, -0.05) is 84.9 Å². The predicted octanol–water partition coefficient (Wildman–Crippen LogP) is 5.44. The van der Waals surface area contributed by atoms with Gasteiger partial charge in [0.15, 0.2) is 0 Å². The molecule has 9 heteroatoms. The van der Waals surface area contributed by atoms with Gasteiger partial charge in [-0.05, 0) is 41.8 Å². The first-order valence-corrected chi connectivity index (χ1v) is 15.1. The van der Waals surface area contributed by atoms with E-state index in [1.807, 2.05) is 66.7 Å². The van der Waals surface area contributed by atoms with Crippen LogP contribution >= 0.6 is 0 Å². The van der Waals surface area contributed by atoms with Crippen LogP contribution in [0, 0.1) is 6.92 Å². The van der Waals surface area contributed by atoms with Gasteiger partial charge in [-0.25, -0.2) is 14.6 Å². The van der Waals surface area contributed by atoms with Crippen molar-refractivity contribution in [2.75, 3.05) is 57.4 Å². The number of nitrogens with one attached hydrogen (secondary N) is 1. The molecule has 0 aliphatic carbocycles. The molecule has 0 bridgehead atoms. The van der Waals surface area contributed by atoms with Gasteiger partial charge in [-0.3, -0.25) is 5.01 Å². The van der Waals surface area contributed by atoms with E-state index >= 15 is 0 Å². The van der Waals surface area contributed by atoms with E-state index in [9.17, 15) is 9.59 Å². The lowest BCUT2D eigenvalue weighted by atomic mass is 10.0. The zero-order valence-electron chi connectivity index (χ0n) is 25.4. The lowest BCUT2D eigenvalue weighted by Crippen LogP contribution is -2.52. The van der Waals surface area contributed by atoms with Crippen LogP contribution in [0.1, 0.15) is 22.3 Å². The molecule has 1 fully saturated rings. The summed E-state index contributed by atoms with van der Waals surface area (Å²) in [5, 5.41) is 7.63. The van der Waals surface area contributed by atoms with E-state index in [1.165, 1.54) is 5.56 Å². The summed E-state index contributed by atoms with van der Waals surface area (Å²) in [4.78, 5) is 30.0. The summed E-state index contributed by atoms with van der Waals surface area (Å²) in [6.45, 7) is 10.8. The van der Waals surface area contributed by atoms with Crippen LogP contribution in [0.4, 0.5) is 15.3 Å². The molecule has 2 aliphatic heterocycles. The number of fused-ring (bicyclic) bond motifs is 1. The largest absolute Gasteiger partial charge is 0.445 e. The van der Waals surface area contributed by atoms with Crippen LogP contribution in [-0.4, -0.2) is 79.4 Å². The molecule has 230 valence electrons. The summed E-state index contributed by atoms with van der Waals surface area (Å²) in [7, 11) is 0. The third kappa shape index (κ3) is 8.27. The van der Waals surface area contributed by atoms with Gasteiger partial charge in [0.25, 0.3) is 0 Å². The van der Waals surface area contributed by atoms with E-state index in [0.29, 0.717) is 52.4 Å². The number of amides is 2. The molecule has 1 saturated heterocycles. The SMILES string of the molecule is C=C1C=Cc2cc(C)ccc2N1N1CCN(C(=O)OCc2ccccc2)CCNCCN(C(=O)OCc2ccccc2)CC1. The predicted molar refractivity (Wildman–Crippen MR) is 173 cm³/mol. The Morgan fingerprint density at radius 1 is 0.727 bits per heavy atom. The summed E-state index contributed by atoms with van der Waals surface area (Å²) >= 11 is 0. The number of hydrazine groups is 1. The van der Waals surface area contributed by atoms with Crippen LogP contribution in [0.15, 0.2) is 97.2 Å². The zero-order chi connectivity index (χ0) is 30.7. The molecule has 2 amide bonds. The second-order valence-corrected chi connectivity index (χ2v) is 11.0. The second-order valence-electron chi connectivity index (χ2n) is 11.0. The molecule has 5 rings (SSSR count). The van der Waals surface area contributed by atoms with Crippen LogP contribution in [0.25, 0.3) is 6.08 Å². The molecule has 1 N–H and O–H groups in total. The Bertz CT molecular complexity index is 1380. The molecule has 0 radical (unpaired) electrons. The van der Waals surface area contributed by atoms with Crippen molar-refractivity contribution >= 4 is 23.9 Å². The minimum absolute atomic E-state index is 0.216. The van der Waals surface area contributed by atoms with Gasteiger partial charge < -0.3 is 24.6 Å².